The zero-order chi connectivity index (χ0) is 14.6. The SMILES string of the molecule is Cc1ccc(CNC(=O)C2(C(N)=NO)CCCCC2)o1. The van der Waals surface area contributed by atoms with E-state index in [4.69, 9.17) is 15.4 Å². The van der Waals surface area contributed by atoms with E-state index in [0.29, 0.717) is 25.1 Å². The van der Waals surface area contributed by atoms with Gasteiger partial charge in [-0.2, -0.15) is 0 Å². The first-order valence-corrected chi connectivity index (χ1v) is 6.90. The molecule has 1 aromatic heterocycles. The summed E-state index contributed by atoms with van der Waals surface area (Å²) in [5.74, 6) is 1.31. The highest BCUT2D eigenvalue weighted by Crippen LogP contribution is 2.36. The molecule has 0 radical (unpaired) electrons. The summed E-state index contributed by atoms with van der Waals surface area (Å²) in [5, 5.41) is 14.9. The maximum absolute atomic E-state index is 12.5. The Hall–Kier alpha value is -1.98. The third-order valence-corrected chi connectivity index (χ3v) is 3.96. The summed E-state index contributed by atoms with van der Waals surface area (Å²) < 4.78 is 5.42. The second-order valence-corrected chi connectivity index (χ2v) is 5.32. The minimum Gasteiger partial charge on any atom is -0.465 e. The van der Waals surface area contributed by atoms with Crippen molar-refractivity contribution in [1.29, 1.82) is 0 Å². The third-order valence-electron chi connectivity index (χ3n) is 3.96. The Bertz CT molecular complexity index is 502. The number of hydrogen-bond acceptors (Lipinski definition) is 4. The molecule has 1 heterocycles. The Morgan fingerprint density at radius 1 is 1.45 bits per heavy atom. The fraction of sp³-hybridized carbons (Fsp3) is 0.571. The van der Waals surface area contributed by atoms with Crippen molar-refractivity contribution >= 4 is 11.7 Å². The number of rotatable bonds is 4. The van der Waals surface area contributed by atoms with Crippen molar-refractivity contribution in [3.8, 4) is 0 Å². The van der Waals surface area contributed by atoms with Gasteiger partial charge < -0.3 is 20.7 Å². The molecule has 0 saturated heterocycles. The zero-order valence-corrected chi connectivity index (χ0v) is 11.7. The van der Waals surface area contributed by atoms with Crippen molar-refractivity contribution in [2.45, 2.75) is 45.6 Å². The number of nitrogens with zero attached hydrogens (tertiary/aromatic N) is 1. The number of carbonyl (C=O) groups is 1. The number of nitrogens with one attached hydrogen (secondary N) is 1. The van der Waals surface area contributed by atoms with E-state index in [9.17, 15) is 4.79 Å². The molecule has 110 valence electrons. The average molecular weight is 279 g/mol. The number of carbonyl (C=O) groups excluding carboxylic acids is 1. The maximum Gasteiger partial charge on any atom is 0.234 e. The molecule has 6 heteroatoms. The van der Waals surface area contributed by atoms with Gasteiger partial charge in [0.25, 0.3) is 0 Å². The van der Waals surface area contributed by atoms with Crippen molar-refractivity contribution in [2.75, 3.05) is 0 Å². The molecule has 1 fully saturated rings. The summed E-state index contributed by atoms with van der Waals surface area (Å²) >= 11 is 0. The lowest BCUT2D eigenvalue weighted by Gasteiger charge is -2.34. The van der Waals surface area contributed by atoms with Crippen molar-refractivity contribution in [2.24, 2.45) is 16.3 Å². The highest BCUT2D eigenvalue weighted by atomic mass is 16.4. The lowest BCUT2D eigenvalue weighted by molar-refractivity contribution is -0.129. The second-order valence-electron chi connectivity index (χ2n) is 5.32. The first-order chi connectivity index (χ1) is 9.58. The van der Waals surface area contributed by atoms with Gasteiger partial charge in [0.2, 0.25) is 5.91 Å². The van der Waals surface area contributed by atoms with Crippen LogP contribution in [-0.2, 0) is 11.3 Å². The molecule has 4 N–H and O–H groups in total. The number of amidine groups is 1. The topological polar surface area (TPSA) is 101 Å². The molecule has 1 saturated carbocycles. The summed E-state index contributed by atoms with van der Waals surface area (Å²) in [5.41, 5.74) is 4.89. The van der Waals surface area contributed by atoms with Crippen LogP contribution in [0.4, 0.5) is 0 Å². The van der Waals surface area contributed by atoms with Gasteiger partial charge in [0.05, 0.1) is 6.54 Å². The van der Waals surface area contributed by atoms with Crippen LogP contribution in [0.1, 0.15) is 43.6 Å². The Labute approximate surface area is 118 Å². The average Bonchev–Trinajstić information content (AvgIpc) is 2.90. The molecule has 0 aliphatic heterocycles. The fourth-order valence-electron chi connectivity index (χ4n) is 2.77. The van der Waals surface area contributed by atoms with Crippen LogP contribution in [0.15, 0.2) is 21.7 Å². The molecule has 0 spiro atoms. The first kappa shape index (κ1) is 14.4. The number of oxime groups is 1. The predicted octanol–water partition coefficient (Wildman–Crippen LogP) is 1.90. The van der Waals surface area contributed by atoms with E-state index in [1.165, 1.54) is 0 Å². The zero-order valence-electron chi connectivity index (χ0n) is 11.7. The van der Waals surface area contributed by atoms with Crippen molar-refractivity contribution in [3.05, 3.63) is 23.7 Å². The minimum atomic E-state index is -0.880. The van der Waals surface area contributed by atoms with Crippen LogP contribution in [0.2, 0.25) is 0 Å². The highest BCUT2D eigenvalue weighted by Gasteiger charge is 2.43. The van der Waals surface area contributed by atoms with E-state index in [2.05, 4.69) is 10.5 Å². The predicted molar refractivity (Wildman–Crippen MR) is 74.2 cm³/mol. The van der Waals surface area contributed by atoms with E-state index < -0.39 is 5.41 Å². The van der Waals surface area contributed by atoms with E-state index in [1.54, 1.807) is 0 Å². The number of hydrogen-bond donors (Lipinski definition) is 3. The van der Waals surface area contributed by atoms with E-state index in [0.717, 1.165) is 25.0 Å². The van der Waals surface area contributed by atoms with Gasteiger partial charge in [0, 0.05) is 0 Å². The molecule has 6 nitrogen and oxygen atoms in total. The van der Waals surface area contributed by atoms with Crippen molar-refractivity contribution < 1.29 is 14.4 Å². The monoisotopic (exact) mass is 279 g/mol. The number of nitrogens with two attached hydrogens (primary N) is 1. The minimum absolute atomic E-state index is 0.00493. The summed E-state index contributed by atoms with van der Waals surface area (Å²) in [6.45, 7) is 2.16. The molecule has 2 rings (SSSR count). The van der Waals surface area contributed by atoms with Gasteiger partial charge in [0.15, 0.2) is 5.84 Å². The molecule has 0 bridgehead atoms. The molecule has 1 aliphatic rings. The molecular weight excluding hydrogens is 258 g/mol. The molecule has 0 atom stereocenters. The molecule has 1 amide bonds. The van der Waals surface area contributed by atoms with E-state index >= 15 is 0 Å². The summed E-state index contributed by atoms with van der Waals surface area (Å²) in [6, 6.07) is 3.67. The standard InChI is InChI=1S/C14H21N3O3/c1-10-5-6-11(20-10)9-16-13(18)14(12(15)17-19)7-3-2-4-8-14/h5-6,19H,2-4,7-9H2,1H3,(H2,15,17)(H,16,18). The Morgan fingerprint density at radius 3 is 2.70 bits per heavy atom. The lowest BCUT2D eigenvalue weighted by atomic mass is 9.72. The van der Waals surface area contributed by atoms with Crippen molar-refractivity contribution in [3.63, 3.8) is 0 Å². The van der Waals surface area contributed by atoms with Gasteiger partial charge in [-0.1, -0.05) is 24.4 Å². The fourth-order valence-corrected chi connectivity index (χ4v) is 2.77. The smallest absolute Gasteiger partial charge is 0.234 e. The van der Waals surface area contributed by atoms with Crippen LogP contribution in [0.5, 0.6) is 0 Å². The normalized spacial score (nSPS) is 18.8. The van der Waals surface area contributed by atoms with Gasteiger partial charge in [-0.3, -0.25) is 4.79 Å². The Kier molecular flexibility index (Phi) is 4.32. The number of amides is 1. The quantitative estimate of drug-likeness (QED) is 0.339. The third kappa shape index (κ3) is 2.79. The van der Waals surface area contributed by atoms with E-state index in [-0.39, 0.29) is 11.7 Å². The maximum atomic E-state index is 12.5. The molecule has 0 aromatic carbocycles. The van der Waals surface area contributed by atoms with Gasteiger partial charge in [-0.05, 0) is 31.9 Å². The largest absolute Gasteiger partial charge is 0.465 e. The van der Waals surface area contributed by atoms with Gasteiger partial charge in [-0.15, -0.1) is 0 Å². The number of furan rings is 1. The molecule has 20 heavy (non-hydrogen) atoms. The summed E-state index contributed by atoms with van der Waals surface area (Å²) in [7, 11) is 0. The van der Waals surface area contributed by atoms with Crippen LogP contribution < -0.4 is 11.1 Å². The first-order valence-electron chi connectivity index (χ1n) is 6.90. The molecule has 1 aliphatic carbocycles. The highest BCUT2D eigenvalue weighted by molar-refractivity contribution is 6.06. The van der Waals surface area contributed by atoms with Gasteiger partial charge >= 0.3 is 0 Å². The van der Waals surface area contributed by atoms with Gasteiger partial charge in [0.1, 0.15) is 16.9 Å². The summed E-state index contributed by atoms with van der Waals surface area (Å²) in [6.07, 6.45) is 4.12. The van der Waals surface area contributed by atoms with E-state index in [1.807, 2.05) is 19.1 Å². The summed E-state index contributed by atoms with van der Waals surface area (Å²) in [4.78, 5) is 12.5. The Balaban J connectivity index is 2.07. The Morgan fingerprint density at radius 2 is 2.15 bits per heavy atom. The molecule has 0 unspecified atom stereocenters. The van der Waals surface area contributed by atoms with Crippen LogP contribution in [-0.4, -0.2) is 17.0 Å². The lowest BCUT2D eigenvalue weighted by Crippen LogP contribution is -2.50. The van der Waals surface area contributed by atoms with Crippen LogP contribution in [0.3, 0.4) is 0 Å². The van der Waals surface area contributed by atoms with Crippen LogP contribution in [0, 0.1) is 12.3 Å². The second kappa shape index (κ2) is 5.98. The molecular formula is C14H21N3O3. The van der Waals surface area contributed by atoms with Crippen LogP contribution >= 0.6 is 0 Å². The van der Waals surface area contributed by atoms with Gasteiger partial charge in [-0.25, -0.2) is 0 Å². The number of aryl methyl sites for hydroxylation is 1. The van der Waals surface area contributed by atoms with Crippen molar-refractivity contribution in [1.82, 2.24) is 5.32 Å². The van der Waals surface area contributed by atoms with Crippen LogP contribution in [0.25, 0.3) is 0 Å². The molecule has 1 aromatic rings.